The molecule has 0 aliphatic rings. The van der Waals surface area contributed by atoms with Crippen LogP contribution in [0.5, 0.6) is 0 Å². The summed E-state index contributed by atoms with van der Waals surface area (Å²) in [6.45, 7) is 7.81. The highest BCUT2D eigenvalue weighted by Crippen LogP contribution is 2.41. The number of aryl methyl sites for hydroxylation is 1. The second-order valence-electron chi connectivity index (χ2n) is 9.93. The molecule has 0 atom stereocenters. The van der Waals surface area contributed by atoms with E-state index in [0.29, 0.717) is 11.3 Å². The van der Waals surface area contributed by atoms with Gasteiger partial charge in [-0.25, -0.2) is 4.57 Å². The Morgan fingerprint density at radius 2 is 1.74 bits per heavy atom. The van der Waals surface area contributed by atoms with E-state index in [0.717, 1.165) is 27.1 Å². The standard InChI is InChI=1S/C27H30N5O5PS/c1-18-9-11-19(12-10-18)15-25(33)28-23-16-20(13-14-24(23)39-27(2,3)4)21-7-5-6-8-22(21)26-29-30-31-32(26)17-37-38(34,35)36/h5-14,16H,15,17H2,1-4H3,(H,28,33)(H2,34,35,36). The van der Waals surface area contributed by atoms with Crippen molar-refractivity contribution in [1.29, 1.82) is 0 Å². The summed E-state index contributed by atoms with van der Waals surface area (Å²) in [6, 6.07) is 21.1. The summed E-state index contributed by atoms with van der Waals surface area (Å²) in [5.74, 6) is 0.149. The summed E-state index contributed by atoms with van der Waals surface area (Å²) in [5.41, 5.74) is 4.95. The van der Waals surface area contributed by atoms with Gasteiger partial charge in [0, 0.05) is 15.2 Å². The van der Waals surface area contributed by atoms with Crippen molar-refractivity contribution < 1.29 is 23.7 Å². The van der Waals surface area contributed by atoms with E-state index >= 15 is 0 Å². The number of carbonyl (C=O) groups excluding carboxylic acids is 1. The molecule has 4 aromatic rings. The van der Waals surface area contributed by atoms with Gasteiger partial charge in [-0.3, -0.25) is 9.32 Å². The van der Waals surface area contributed by atoms with E-state index in [9.17, 15) is 9.36 Å². The second-order valence-corrected chi connectivity index (χ2v) is 13.0. The molecule has 0 aliphatic heterocycles. The lowest BCUT2D eigenvalue weighted by molar-refractivity contribution is -0.115. The lowest BCUT2D eigenvalue weighted by atomic mass is 9.98. The lowest BCUT2D eigenvalue weighted by Gasteiger charge is -2.21. The maximum Gasteiger partial charge on any atom is 0.471 e. The van der Waals surface area contributed by atoms with E-state index in [2.05, 4.69) is 46.1 Å². The molecule has 12 heteroatoms. The van der Waals surface area contributed by atoms with Gasteiger partial charge in [-0.05, 0) is 46.2 Å². The average molecular weight is 568 g/mol. The number of hydrogen-bond donors (Lipinski definition) is 3. The van der Waals surface area contributed by atoms with Crippen molar-refractivity contribution in [3.05, 3.63) is 77.9 Å². The third kappa shape index (κ3) is 8.08. The van der Waals surface area contributed by atoms with Crippen LogP contribution in [0.1, 0.15) is 31.9 Å². The van der Waals surface area contributed by atoms with Crippen LogP contribution < -0.4 is 5.32 Å². The molecule has 1 amide bonds. The molecule has 10 nitrogen and oxygen atoms in total. The number of benzene rings is 3. The molecule has 0 radical (unpaired) electrons. The number of phosphoric ester groups is 1. The number of nitrogens with zero attached hydrogens (tertiary/aromatic N) is 4. The molecule has 0 unspecified atom stereocenters. The first-order valence-electron chi connectivity index (χ1n) is 12.1. The number of nitrogens with one attached hydrogen (secondary N) is 1. The molecule has 1 aromatic heterocycles. The Morgan fingerprint density at radius 3 is 2.41 bits per heavy atom. The predicted octanol–water partition coefficient (Wildman–Crippen LogP) is 5.45. The van der Waals surface area contributed by atoms with Crippen LogP contribution in [0.25, 0.3) is 22.5 Å². The topological polar surface area (TPSA) is 139 Å². The third-order valence-corrected chi connectivity index (χ3v) is 7.15. The van der Waals surface area contributed by atoms with Crippen molar-refractivity contribution in [1.82, 2.24) is 20.2 Å². The maximum absolute atomic E-state index is 13.1. The summed E-state index contributed by atoms with van der Waals surface area (Å²) < 4.78 is 16.9. The fourth-order valence-corrected chi connectivity index (χ4v) is 5.12. The monoisotopic (exact) mass is 567 g/mol. The molecule has 0 spiro atoms. The molecule has 0 saturated heterocycles. The lowest BCUT2D eigenvalue weighted by Crippen LogP contribution is -2.16. The van der Waals surface area contributed by atoms with Gasteiger partial charge in [-0.15, -0.1) is 16.9 Å². The Kier molecular flexibility index (Phi) is 8.68. The Morgan fingerprint density at radius 1 is 1.05 bits per heavy atom. The van der Waals surface area contributed by atoms with Crippen molar-refractivity contribution >= 4 is 31.2 Å². The van der Waals surface area contributed by atoms with E-state index in [4.69, 9.17) is 9.79 Å². The van der Waals surface area contributed by atoms with Gasteiger partial charge < -0.3 is 15.1 Å². The van der Waals surface area contributed by atoms with Crippen LogP contribution in [-0.2, 0) is 27.0 Å². The van der Waals surface area contributed by atoms with Crippen molar-refractivity contribution in [2.24, 2.45) is 0 Å². The third-order valence-electron chi connectivity index (χ3n) is 5.51. The molecule has 204 valence electrons. The molecule has 0 bridgehead atoms. The first-order chi connectivity index (χ1) is 18.4. The van der Waals surface area contributed by atoms with Crippen LogP contribution in [0.15, 0.2) is 71.6 Å². The summed E-state index contributed by atoms with van der Waals surface area (Å²) in [5, 5.41) is 14.6. The van der Waals surface area contributed by atoms with Crippen LogP contribution >= 0.6 is 19.6 Å². The van der Waals surface area contributed by atoms with Gasteiger partial charge in [0.2, 0.25) is 5.91 Å². The number of thioether (sulfide) groups is 1. The molecular formula is C27H30N5O5PS. The molecule has 1 heterocycles. The SMILES string of the molecule is Cc1ccc(CC(=O)Nc2cc(-c3ccccc3-c3nnnn3COP(=O)(O)O)ccc2SC(C)(C)C)cc1. The molecule has 39 heavy (non-hydrogen) atoms. The number of rotatable bonds is 9. The smallest absolute Gasteiger partial charge is 0.325 e. The van der Waals surface area contributed by atoms with Crippen molar-refractivity contribution in [2.75, 3.05) is 5.32 Å². The van der Waals surface area contributed by atoms with Crippen molar-refractivity contribution in [3.8, 4) is 22.5 Å². The van der Waals surface area contributed by atoms with Crippen LogP contribution in [-0.4, -0.2) is 40.6 Å². The minimum absolute atomic E-state index is 0.0865. The predicted molar refractivity (Wildman–Crippen MR) is 151 cm³/mol. The highest BCUT2D eigenvalue weighted by Gasteiger charge is 2.21. The van der Waals surface area contributed by atoms with Crippen LogP contribution in [0.3, 0.4) is 0 Å². The fourth-order valence-electron chi connectivity index (χ4n) is 3.84. The molecule has 0 fully saturated rings. The van der Waals surface area contributed by atoms with Gasteiger partial charge in [-0.2, -0.15) is 4.68 Å². The Bertz CT molecular complexity index is 1510. The van der Waals surface area contributed by atoms with Crippen LogP contribution in [0.4, 0.5) is 5.69 Å². The van der Waals surface area contributed by atoms with Crippen LogP contribution in [0.2, 0.25) is 0 Å². The zero-order valence-electron chi connectivity index (χ0n) is 22.0. The maximum atomic E-state index is 13.1. The van der Waals surface area contributed by atoms with Gasteiger partial charge in [-0.1, -0.05) is 80.9 Å². The number of amides is 1. The van der Waals surface area contributed by atoms with E-state index in [1.54, 1.807) is 11.8 Å². The largest absolute Gasteiger partial charge is 0.471 e. The average Bonchev–Trinajstić information content (AvgIpc) is 3.33. The molecule has 3 aromatic carbocycles. The molecule has 0 saturated carbocycles. The van der Waals surface area contributed by atoms with E-state index < -0.39 is 14.6 Å². The fraction of sp³-hybridized carbons (Fsp3) is 0.259. The number of phosphoric acid groups is 1. The Labute approximate surface area is 231 Å². The number of hydrogen-bond acceptors (Lipinski definition) is 7. The number of carbonyl (C=O) groups is 1. The number of tetrazole rings is 1. The summed E-state index contributed by atoms with van der Waals surface area (Å²) in [6.07, 6.45) is 0.245. The number of aromatic nitrogens is 4. The van der Waals surface area contributed by atoms with Crippen LogP contribution in [0, 0.1) is 6.92 Å². The van der Waals surface area contributed by atoms with Crippen molar-refractivity contribution in [3.63, 3.8) is 0 Å². The minimum Gasteiger partial charge on any atom is -0.325 e. The van der Waals surface area contributed by atoms with Gasteiger partial charge in [0.1, 0.15) is 0 Å². The van der Waals surface area contributed by atoms with Gasteiger partial charge in [0.25, 0.3) is 0 Å². The first-order valence-corrected chi connectivity index (χ1v) is 14.5. The summed E-state index contributed by atoms with van der Waals surface area (Å²) in [7, 11) is -4.72. The molecular weight excluding hydrogens is 537 g/mol. The minimum atomic E-state index is -4.72. The Hall–Kier alpha value is -3.34. The second kappa shape index (κ2) is 11.8. The van der Waals surface area contributed by atoms with Gasteiger partial charge in [0.15, 0.2) is 12.6 Å². The van der Waals surface area contributed by atoms with Gasteiger partial charge in [0.05, 0.1) is 12.1 Å². The summed E-state index contributed by atoms with van der Waals surface area (Å²) >= 11 is 1.65. The molecule has 3 N–H and O–H groups in total. The Balaban J connectivity index is 1.69. The molecule has 4 rings (SSSR count). The highest BCUT2D eigenvalue weighted by molar-refractivity contribution is 8.00. The quantitative estimate of drug-likeness (QED) is 0.178. The van der Waals surface area contributed by atoms with E-state index in [-0.39, 0.29) is 22.9 Å². The summed E-state index contributed by atoms with van der Waals surface area (Å²) in [4.78, 5) is 32.2. The zero-order chi connectivity index (χ0) is 28.2. The normalized spacial score (nSPS) is 11.9. The van der Waals surface area contributed by atoms with Gasteiger partial charge >= 0.3 is 7.82 Å². The zero-order valence-corrected chi connectivity index (χ0v) is 23.7. The van der Waals surface area contributed by atoms with E-state index in [1.807, 2.05) is 73.7 Å². The van der Waals surface area contributed by atoms with Crippen molar-refractivity contribution in [2.45, 2.75) is 50.5 Å². The first kappa shape index (κ1) is 28.7. The number of anilines is 1. The van der Waals surface area contributed by atoms with E-state index in [1.165, 1.54) is 4.68 Å². The highest BCUT2D eigenvalue weighted by atomic mass is 32.2. The molecule has 0 aliphatic carbocycles.